The lowest BCUT2D eigenvalue weighted by atomic mass is 10.0. The predicted octanol–water partition coefficient (Wildman–Crippen LogP) is 0.288. The summed E-state index contributed by atoms with van der Waals surface area (Å²) in [5.41, 5.74) is 0.546. The fourth-order valence-corrected chi connectivity index (χ4v) is 3.05. The summed E-state index contributed by atoms with van der Waals surface area (Å²) in [5, 5.41) is 16.9. The highest BCUT2D eigenvalue weighted by Gasteiger charge is 2.43. The Labute approximate surface area is 126 Å². The largest absolute Gasteiger partial charge is 0.508 e. The molecule has 1 saturated heterocycles. The topological polar surface area (TPSA) is 112 Å². The van der Waals surface area contributed by atoms with Crippen molar-refractivity contribution in [2.75, 3.05) is 6.54 Å². The van der Waals surface area contributed by atoms with Crippen molar-refractivity contribution in [2.24, 2.45) is 0 Å². The third-order valence-corrected chi connectivity index (χ3v) is 4.66. The van der Waals surface area contributed by atoms with Gasteiger partial charge in [0.25, 0.3) is 0 Å². The van der Waals surface area contributed by atoms with E-state index in [-0.39, 0.29) is 12.2 Å². The number of rotatable bonds is 5. The first-order chi connectivity index (χ1) is 10.2. The molecule has 0 spiro atoms. The summed E-state index contributed by atoms with van der Waals surface area (Å²) in [7, 11) is -4.89. The summed E-state index contributed by atoms with van der Waals surface area (Å²) in [6.07, 6.45) is -0.626. The van der Waals surface area contributed by atoms with E-state index in [4.69, 9.17) is 0 Å². The van der Waals surface area contributed by atoms with Crippen LogP contribution >= 0.6 is 0 Å². The van der Waals surface area contributed by atoms with E-state index in [0.29, 0.717) is 5.56 Å². The number of hydrogen-bond donors (Lipinski definition) is 2. The molecule has 1 amide bonds. The number of carboxylic acids is 1. The maximum atomic E-state index is 13.0. The average molecular weight is 331 g/mol. The first kappa shape index (κ1) is 16.2. The van der Waals surface area contributed by atoms with E-state index in [0.717, 1.165) is 4.90 Å². The highest BCUT2D eigenvalue weighted by atomic mass is 32.3. The van der Waals surface area contributed by atoms with Crippen LogP contribution in [0.2, 0.25) is 0 Å². The van der Waals surface area contributed by atoms with E-state index in [9.17, 15) is 32.1 Å². The van der Waals surface area contributed by atoms with Crippen LogP contribution in [-0.4, -0.2) is 53.2 Å². The van der Waals surface area contributed by atoms with Crippen LogP contribution in [0.25, 0.3) is 0 Å². The molecule has 2 N–H and O–H groups in total. The van der Waals surface area contributed by atoms with Gasteiger partial charge in [0.2, 0.25) is 5.91 Å². The highest BCUT2D eigenvalue weighted by Crippen LogP contribution is 2.24. The number of amides is 1. The monoisotopic (exact) mass is 331 g/mol. The first-order valence-corrected chi connectivity index (χ1v) is 7.87. The first-order valence-electron chi connectivity index (χ1n) is 6.42. The van der Waals surface area contributed by atoms with Crippen molar-refractivity contribution in [3.63, 3.8) is 0 Å². The zero-order chi connectivity index (χ0) is 16.5. The SMILES string of the molecule is O=C(O)C(Cc1ccc(O)cc1)N1CC(S(=O)(=O)F)CC1=O. The summed E-state index contributed by atoms with van der Waals surface area (Å²) in [4.78, 5) is 24.1. The van der Waals surface area contributed by atoms with Gasteiger partial charge >= 0.3 is 16.2 Å². The van der Waals surface area contributed by atoms with Crippen molar-refractivity contribution in [1.29, 1.82) is 0 Å². The van der Waals surface area contributed by atoms with Crippen molar-refractivity contribution in [2.45, 2.75) is 24.1 Å². The third-order valence-electron chi connectivity index (χ3n) is 3.55. The molecule has 1 aromatic carbocycles. The number of aliphatic carboxylic acids is 1. The lowest BCUT2D eigenvalue weighted by molar-refractivity contribution is -0.148. The molecule has 1 aromatic rings. The van der Waals surface area contributed by atoms with Crippen LogP contribution in [0, 0.1) is 0 Å². The molecule has 22 heavy (non-hydrogen) atoms. The number of carbonyl (C=O) groups is 2. The number of phenols is 1. The van der Waals surface area contributed by atoms with E-state index in [1.165, 1.54) is 24.3 Å². The number of nitrogens with zero attached hydrogens (tertiary/aromatic N) is 1. The van der Waals surface area contributed by atoms with Crippen molar-refractivity contribution in [3.8, 4) is 5.75 Å². The highest BCUT2D eigenvalue weighted by molar-refractivity contribution is 7.87. The van der Waals surface area contributed by atoms with Crippen LogP contribution in [0.4, 0.5) is 3.89 Å². The molecule has 1 aliphatic heterocycles. The molecule has 7 nitrogen and oxygen atoms in total. The van der Waals surface area contributed by atoms with Gasteiger partial charge in [0.1, 0.15) is 17.0 Å². The zero-order valence-corrected chi connectivity index (χ0v) is 12.2. The van der Waals surface area contributed by atoms with Gasteiger partial charge in [-0.2, -0.15) is 8.42 Å². The molecule has 0 bridgehead atoms. The number of halogens is 1. The fraction of sp³-hybridized carbons (Fsp3) is 0.385. The smallest absolute Gasteiger partial charge is 0.326 e. The molecule has 1 aliphatic rings. The number of carboxylic acid groups (broad SMARTS) is 1. The second-order valence-electron chi connectivity index (χ2n) is 5.07. The normalized spacial score (nSPS) is 20.1. The number of benzene rings is 1. The van der Waals surface area contributed by atoms with E-state index in [2.05, 4.69) is 0 Å². The van der Waals surface area contributed by atoms with E-state index in [1.807, 2.05) is 0 Å². The van der Waals surface area contributed by atoms with Crippen LogP contribution in [-0.2, 0) is 26.2 Å². The standard InChI is InChI=1S/C13H14FNO6S/c14-22(20,21)10-6-12(17)15(7-10)11(13(18)19)5-8-1-3-9(16)4-2-8/h1-4,10-11,16H,5-7H2,(H,18,19). The minimum atomic E-state index is -4.89. The second kappa shape index (κ2) is 5.91. The lowest BCUT2D eigenvalue weighted by Crippen LogP contribution is -2.44. The summed E-state index contributed by atoms with van der Waals surface area (Å²) in [5.74, 6) is -2.01. The van der Waals surface area contributed by atoms with Crippen LogP contribution in [0.3, 0.4) is 0 Å². The molecule has 1 fully saturated rings. The van der Waals surface area contributed by atoms with Gasteiger partial charge in [-0.1, -0.05) is 12.1 Å². The van der Waals surface area contributed by atoms with Crippen LogP contribution in [0.15, 0.2) is 24.3 Å². The maximum Gasteiger partial charge on any atom is 0.326 e. The molecule has 1 heterocycles. The molecule has 0 aliphatic carbocycles. The Balaban J connectivity index is 2.20. The quantitative estimate of drug-likeness (QED) is 0.750. The van der Waals surface area contributed by atoms with Gasteiger partial charge < -0.3 is 15.1 Å². The molecule has 120 valence electrons. The molecule has 0 radical (unpaired) electrons. The summed E-state index contributed by atoms with van der Waals surface area (Å²) < 4.78 is 34.8. The van der Waals surface area contributed by atoms with E-state index >= 15 is 0 Å². The minimum Gasteiger partial charge on any atom is -0.508 e. The predicted molar refractivity (Wildman–Crippen MR) is 73.4 cm³/mol. The summed E-state index contributed by atoms with van der Waals surface area (Å²) in [6.45, 7) is -0.479. The van der Waals surface area contributed by atoms with Gasteiger partial charge in [-0.3, -0.25) is 4.79 Å². The molecular weight excluding hydrogens is 317 g/mol. The van der Waals surface area contributed by atoms with Crippen molar-refractivity contribution < 1.29 is 32.1 Å². The second-order valence-corrected chi connectivity index (χ2v) is 6.69. The lowest BCUT2D eigenvalue weighted by Gasteiger charge is -2.24. The Kier molecular flexibility index (Phi) is 4.36. The van der Waals surface area contributed by atoms with Crippen LogP contribution in [0.1, 0.15) is 12.0 Å². The summed E-state index contributed by atoms with van der Waals surface area (Å²) >= 11 is 0. The van der Waals surface area contributed by atoms with Crippen LogP contribution in [0.5, 0.6) is 5.75 Å². The Morgan fingerprint density at radius 1 is 1.36 bits per heavy atom. The summed E-state index contributed by atoms with van der Waals surface area (Å²) in [6, 6.07) is 4.44. The van der Waals surface area contributed by atoms with Gasteiger partial charge in [0.15, 0.2) is 0 Å². The van der Waals surface area contributed by atoms with Crippen molar-refractivity contribution in [1.82, 2.24) is 4.90 Å². The van der Waals surface area contributed by atoms with Gasteiger partial charge in [-0.05, 0) is 17.7 Å². The number of phenolic OH excluding ortho intramolecular Hbond substituents is 1. The van der Waals surface area contributed by atoms with Gasteiger partial charge in [-0.25, -0.2) is 4.79 Å². The fourth-order valence-electron chi connectivity index (χ4n) is 2.37. The maximum absolute atomic E-state index is 13.0. The molecule has 0 aromatic heterocycles. The Hall–Kier alpha value is -2.16. The van der Waals surface area contributed by atoms with Gasteiger partial charge in [-0.15, -0.1) is 3.89 Å². The number of aromatic hydroxyl groups is 1. The van der Waals surface area contributed by atoms with Crippen molar-refractivity contribution in [3.05, 3.63) is 29.8 Å². The molecule has 0 saturated carbocycles. The van der Waals surface area contributed by atoms with Crippen molar-refractivity contribution >= 4 is 22.1 Å². The Bertz CT molecular complexity index is 687. The van der Waals surface area contributed by atoms with E-state index in [1.54, 1.807) is 0 Å². The van der Waals surface area contributed by atoms with Gasteiger partial charge in [0, 0.05) is 19.4 Å². The minimum absolute atomic E-state index is 0.0106. The zero-order valence-electron chi connectivity index (χ0n) is 11.3. The molecule has 2 rings (SSSR count). The molecule has 2 unspecified atom stereocenters. The molecular formula is C13H14FNO6S. The molecule has 9 heteroatoms. The number of carbonyl (C=O) groups excluding carboxylic acids is 1. The number of hydrogen-bond acceptors (Lipinski definition) is 5. The number of likely N-dealkylation sites (tertiary alicyclic amines) is 1. The van der Waals surface area contributed by atoms with Gasteiger partial charge in [0.05, 0.1) is 0 Å². The average Bonchev–Trinajstić information content (AvgIpc) is 2.79. The Morgan fingerprint density at radius 3 is 2.41 bits per heavy atom. The third kappa shape index (κ3) is 3.53. The Morgan fingerprint density at radius 2 is 1.95 bits per heavy atom. The van der Waals surface area contributed by atoms with E-state index < -0.39 is 46.4 Å². The molecule has 2 atom stereocenters. The van der Waals surface area contributed by atoms with Crippen LogP contribution < -0.4 is 0 Å².